The summed E-state index contributed by atoms with van der Waals surface area (Å²) >= 11 is 0. The largest absolute Gasteiger partial charge is 0.496 e. The minimum absolute atomic E-state index is 0.335. The van der Waals surface area contributed by atoms with Gasteiger partial charge >= 0.3 is 5.97 Å². The van der Waals surface area contributed by atoms with Crippen LogP contribution >= 0.6 is 0 Å². The van der Waals surface area contributed by atoms with Crippen LogP contribution in [0.1, 0.15) is 21.5 Å². The van der Waals surface area contributed by atoms with Crippen molar-refractivity contribution in [1.29, 1.82) is 0 Å². The molecule has 0 bridgehead atoms. The number of aryl methyl sites for hydroxylation is 1. The van der Waals surface area contributed by atoms with Gasteiger partial charge in [0, 0.05) is 11.6 Å². The first-order valence-corrected chi connectivity index (χ1v) is 6.60. The van der Waals surface area contributed by atoms with Crippen LogP contribution in [0.2, 0.25) is 0 Å². The Balaban J connectivity index is 2.28. The first-order chi connectivity index (χ1) is 10.6. The Bertz CT molecular complexity index is 724. The highest BCUT2D eigenvalue weighted by Gasteiger charge is 2.17. The summed E-state index contributed by atoms with van der Waals surface area (Å²) in [6, 6.07) is 10.0. The lowest BCUT2D eigenvalue weighted by Gasteiger charge is -2.12. The van der Waals surface area contributed by atoms with Crippen molar-refractivity contribution in [2.75, 3.05) is 14.2 Å². The zero-order valence-electron chi connectivity index (χ0n) is 12.7. The highest BCUT2D eigenvalue weighted by Crippen LogP contribution is 2.29. The van der Waals surface area contributed by atoms with Gasteiger partial charge in [0.2, 0.25) is 0 Å². The molecule has 0 amide bonds. The number of ether oxygens (including phenoxy) is 3. The van der Waals surface area contributed by atoms with E-state index >= 15 is 0 Å². The number of carbonyl (C=O) groups excluding carboxylic acids is 1. The van der Waals surface area contributed by atoms with Gasteiger partial charge < -0.3 is 14.2 Å². The molecule has 0 saturated carbocycles. The summed E-state index contributed by atoms with van der Waals surface area (Å²) < 4.78 is 15.8. The van der Waals surface area contributed by atoms with Crippen LogP contribution in [0.4, 0.5) is 0 Å². The van der Waals surface area contributed by atoms with Crippen molar-refractivity contribution in [1.82, 2.24) is 0 Å². The van der Waals surface area contributed by atoms with Gasteiger partial charge in [0.15, 0.2) is 0 Å². The van der Waals surface area contributed by atoms with E-state index in [1.54, 1.807) is 43.5 Å². The molecule has 4 nitrogen and oxygen atoms in total. The van der Waals surface area contributed by atoms with Crippen molar-refractivity contribution in [3.05, 3.63) is 53.1 Å². The number of benzene rings is 2. The number of carbonyl (C=O) groups is 1. The van der Waals surface area contributed by atoms with Gasteiger partial charge in [-0.05, 0) is 42.8 Å². The molecule has 0 N–H and O–H groups in total. The van der Waals surface area contributed by atoms with Gasteiger partial charge in [-0.1, -0.05) is 5.92 Å². The molecule has 0 atom stereocenters. The Morgan fingerprint density at radius 3 is 2.23 bits per heavy atom. The van der Waals surface area contributed by atoms with Crippen LogP contribution in [0.25, 0.3) is 0 Å². The van der Waals surface area contributed by atoms with E-state index in [1.165, 1.54) is 7.11 Å². The van der Waals surface area contributed by atoms with Crippen LogP contribution in [-0.4, -0.2) is 20.2 Å². The summed E-state index contributed by atoms with van der Waals surface area (Å²) in [6.07, 6.45) is 5.29. The fourth-order valence-electron chi connectivity index (χ4n) is 2.00. The third-order valence-corrected chi connectivity index (χ3v) is 3.17. The van der Waals surface area contributed by atoms with Crippen molar-refractivity contribution in [2.45, 2.75) is 6.92 Å². The van der Waals surface area contributed by atoms with E-state index in [9.17, 15) is 4.79 Å². The Labute approximate surface area is 129 Å². The maximum absolute atomic E-state index is 12.3. The third-order valence-electron chi connectivity index (χ3n) is 3.17. The molecule has 0 radical (unpaired) electrons. The third kappa shape index (κ3) is 3.21. The molecule has 0 spiro atoms. The predicted octanol–water partition coefficient (Wildman–Crippen LogP) is 3.21. The van der Waals surface area contributed by atoms with E-state index in [2.05, 4.69) is 5.92 Å². The van der Waals surface area contributed by atoms with Crippen LogP contribution in [0.15, 0.2) is 36.4 Å². The van der Waals surface area contributed by atoms with Gasteiger partial charge in [-0.2, -0.15) is 0 Å². The maximum atomic E-state index is 12.3. The van der Waals surface area contributed by atoms with E-state index < -0.39 is 5.97 Å². The van der Waals surface area contributed by atoms with Gasteiger partial charge in [0.05, 0.1) is 14.2 Å². The maximum Gasteiger partial charge on any atom is 0.347 e. The van der Waals surface area contributed by atoms with Crippen LogP contribution < -0.4 is 14.2 Å². The van der Waals surface area contributed by atoms with Crippen molar-refractivity contribution in [3.8, 4) is 29.6 Å². The van der Waals surface area contributed by atoms with Crippen molar-refractivity contribution in [3.63, 3.8) is 0 Å². The molecule has 2 aromatic carbocycles. The van der Waals surface area contributed by atoms with Crippen molar-refractivity contribution >= 4 is 5.97 Å². The minimum atomic E-state index is -0.504. The van der Waals surface area contributed by atoms with E-state index in [0.717, 1.165) is 11.1 Å². The average molecular weight is 296 g/mol. The molecule has 0 aliphatic rings. The molecule has 0 aliphatic heterocycles. The summed E-state index contributed by atoms with van der Waals surface area (Å²) in [7, 11) is 3.05. The van der Waals surface area contributed by atoms with Gasteiger partial charge in [-0.25, -0.2) is 4.79 Å². The van der Waals surface area contributed by atoms with Crippen LogP contribution in [0, 0.1) is 19.3 Å². The summed E-state index contributed by atoms with van der Waals surface area (Å²) in [6.45, 7) is 1.84. The van der Waals surface area contributed by atoms with Crippen molar-refractivity contribution < 1.29 is 19.0 Å². The van der Waals surface area contributed by atoms with E-state index in [-0.39, 0.29) is 0 Å². The molecule has 2 aromatic rings. The van der Waals surface area contributed by atoms with Gasteiger partial charge in [-0.15, -0.1) is 6.42 Å². The zero-order valence-corrected chi connectivity index (χ0v) is 12.7. The highest BCUT2D eigenvalue weighted by atomic mass is 16.5. The van der Waals surface area contributed by atoms with E-state index in [0.29, 0.717) is 22.8 Å². The Morgan fingerprint density at radius 2 is 1.68 bits per heavy atom. The molecule has 0 aliphatic carbocycles. The second-order valence-corrected chi connectivity index (χ2v) is 4.58. The summed E-state index contributed by atoms with van der Waals surface area (Å²) in [5.41, 5.74) is 1.87. The molecule has 0 aromatic heterocycles. The molecule has 0 fully saturated rings. The first-order valence-electron chi connectivity index (χ1n) is 6.60. The Morgan fingerprint density at radius 1 is 1.05 bits per heavy atom. The van der Waals surface area contributed by atoms with E-state index in [1.807, 2.05) is 6.92 Å². The number of rotatable bonds is 4. The number of esters is 1. The second-order valence-electron chi connectivity index (χ2n) is 4.58. The number of methoxy groups -OCH3 is 2. The highest BCUT2D eigenvalue weighted by molar-refractivity contribution is 5.94. The molecule has 4 heteroatoms. The van der Waals surface area contributed by atoms with Crippen molar-refractivity contribution in [2.24, 2.45) is 0 Å². The topological polar surface area (TPSA) is 44.8 Å². The first kappa shape index (κ1) is 15.5. The molecule has 112 valence electrons. The second kappa shape index (κ2) is 6.68. The lowest BCUT2D eigenvalue weighted by Crippen LogP contribution is -2.11. The fourth-order valence-corrected chi connectivity index (χ4v) is 2.00. The SMILES string of the molecule is C#Cc1ccc(OC(=O)c2cc(C)c(OC)cc2OC)cc1. The molecular formula is C18H16O4. The summed E-state index contributed by atoms with van der Waals surface area (Å²) in [4.78, 5) is 12.3. The molecule has 0 heterocycles. The molecule has 22 heavy (non-hydrogen) atoms. The van der Waals surface area contributed by atoms with Gasteiger partial charge in [0.25, 0.3) is 0 Å². The Hall–Kier alpha value is -2.93. The minimum Gasteiger partial charge on any atom is -0.496 e. The van der Waals surface area contributed by atoms with Crippen LogP contribution in [0.5, 0.6) is 17.2 Å². The quantitative estimate of drug-likeness (QED) is 0.494. The standard InChI is InChI=1S/C18H16O4/c1-5-13-6-8-14(9-7-13)22-18(19)15-10-12(2)16(20-3)11-17(15)21-4/h1,6-11H,2-4H3. The normalized spacial score (nSPS) is 9.73. The zero-order chi connectivity index (χ0) is 16.1. The van der Waals surface area contributed by atoms with Gasteiger partial charge in [0.1, 0.15) is 22.8 Å². The monoisotopic (exact) mass is 296 g/mol. The lowest BCUT2D eigenvalue weighted by molar-refractivity contribution is 0.0731. The fraction of sp³-hybridized carbons (Fsp3) is 0.167. The van der Waals surface area contributed by atoms with E-state index in [4.69, 9.17) is 20.6 Å². The lowest BCUT2D eigenvalue weighted by atomic mass is 10.1. The molecular weight excluding hydrogens is 280 g/mol. The molecule has 2 rings (SSSR count). The van der Waals surface area contributed by atoms with Crippen LogP contribution in [0.3, 0.4) is 0 Å². The number of terminal acetylenes is 1. The summed E-state index contributed by atoms with van der Waals surface area (Å²) in [5, 5.41) is 0. The van der Waals surface area contributed by atoms with Gasteiger partial charge in [-0.3, -0.25) is 0 Å². The average Bonchev–Trinajstić information content (AvgIpc) is 2.55. The summed E-state index contributed by atoms with van der Waals surface area (Å²) in [5.74, 6) is 3.46. The number of hydrogen-bond acceptors (Lipinski definition) is 4. The Kier molecular flexibility index (Phi) is 4.70. The van der Waals surface area contributed by atoms with Crippen LogP contribution in [-0.2, 0) is 0 Å². The molecule has 0 unspecified atom stereocenters. The number of hydrogen-bond donors (Lipinski definition) is 0. The predicted molar refractivity (Wildman–Crippen MR) is 83.6 cm³/mol. The smallest absolute Gasteiger partial charge is 0.347 e. The molecule has 0 saturated heterocycles.